The van der Waals surface area contributed by atoms with Gasteiger partial charge in [0.25, 0.3) is 5.91 Å². The Morgan fingerprint density at radius 3 is 2.47 bits per heavy atom. The summed E-state index contributed by atoms with van der Waals surface area (Å²) in [6.07, 6.45) is -1.01. The lowest BCUT2D eigenvalue weighted by atomic mass is 10.1. The topological polar surface area (TPSA) is 81.4 Å². The molecule has 6 nitrogen and oxygen atoms in total. The van der Waals surface area contributed by atoms with Gasteiger partial charge in [0.05, 0.1) is 0 Å². The average molecular weight is 400 g/mol. The molecule has 0 aliphatic rings. The molecule has 1 aromatic heterocycles. The third kappa shape index (κ3) is 3.93. The molecule has 0 aliphatic carbocycles. The van der Waals surface area contributed by atoms with Crippen LogP contribution in [0, 0.1) is 6.92 Å². The lowest BCUT2D eigenvalue weighted by Gasteiger charge is -2.14. The number of fused-ring (bicyclic) bond motifs is 1. The van der Waals surface area contributed by atoms with Crippen LogP contribution >= 0.6 is 0 Å². The normalized spacial score (nSPS) is 11.8. The van der Waals surface area contributed by atoms with Gasteiger partial charge < -0.3 is 14.5 Å². The van der Waals surface area contributed by atoms with E-state index in [1.165, 1.54) is 6.92 Å². The molecule has 30 heavy (non-hydrogen) atoms. The highest BCUT2D eigenvalue weighted by atomic mass is 16.5. The van der Waals surface area contributed by atoms with Gasteiger partial charge in [0.1, 0.15) is 5.76 Å². The van der Waals surface area contributed by atoms with Crippen molar-refractivity contribution in [3.05, 3.63) is 84.3 Å². The molecule has 1 amide bonds. The Labute approximate surface area is 173 Å². The smallest absolute Gasteiger partial charge is 0.361 e. The number of carbonyl (C=O) groups is 2. The van der Waals surface area contributed by atoms with Crippen molar-refractivity contribution in [3.8, 4) is 11.5 Å². The van der Waals surface area contributed by atoms with E-state index in [4.69, 9.17) is 9.15 Å². The zero-order valence-corrected chi connectivity index (χ0v) is 16.6. The van der Waals surface area contributed by atoms with Crippen molar-refractivity contribution in [2.75, 3.05) is 5.32 Å². The van der Waals surface area contributed by atoms with Gasteiger partial charge in [-0.25, -0.2) is 9.78 Å². The monoisotopic (exact) mass is 400 g/mol. The van der Waals surface area contributed by atoms with E-state index >= 15 is 0 Å². The quantitative estimate of drug-likeness (QED) is 0.478. The molecule has 0 unspecified atom stereocenters. The van der Waals surface area contributed by atoms with Gasteiger partial charge in [-0.3, -0.25) is 4.79 Å². The molecule has 6 heteroatoms. The Hall–Kier alpha value is -3.93. The van der Waals surface area contributed by atoms with Gasteiger partial charge in [0.15, 0.2) is 11.8 Å². The molecule has 0 saturated heterocycles. The van der Waals surface area contributed by atoms with Gasteiger partial charge in [-0.05, 0) is 37.4 Å². The summed E-state index contributed by atoms with van der Waals surface area (Å²) in [5, 5.41) is 4.74. The number of nitrogens with zero attached hydrogens (tertiary/aromatic N) is 1. The van der Waals surface area contributed by atoms with Crippen LogP contribution in [0.4, 0.5) is 5.69 Å². The Morgan fingerprint density at radius 1 is 0.967 bits per heavy atom. The molecule has 1 heterocycles. The summed E-state index contributed by atoms with van der Waals surface area (Å²) in [6.45, 7) is 3.16. The minimum absolute atomic E-state index is 0.0543. The first-order valence-corrected chi connectivity index (χ1v) is 9.55. The number of carbonyl (C=O) groups excluding carboxylic acids is 2. The standard InChI is InChI=1S/C24H20N2O4/c1-15-21(26-23(29-15)18-10-4-3-5-11-18)24(28)30-16(2)22(27)25-20-14-8-12-17-9-6-7-13-19(17)20/h3-14,16H,1-2H3,(H,25,27)/t16-/m0/s1. The van der Waals surface area contributed by atoms with E-state index in [2.05, 4.69) is 10.3 Å². The van der Waals surface area contributed by atoms with Crippen molar-refractivity contribution in [2.45, 2.75) is 20.0 Å². The number of hydrogen-bond acceptors (Lipinski definition) is 5. The summed E-state index contributed by atoms with van der Waals surface area (Å²) < 4.78 is 10.9. The minimum atomic E-state index is -1.01. The second-order valence-corrected chi connectivity index (χ2v) is 6.85. The molecule has 0 fully saturated rings. The molecule has 0 saturated carbocycles. The van der Waals surface area contributed by atoms with Crippen molar-refractivity contribution >= 4 is 28.3 Å². The first-order chi connectivity index (χ1) is 14.5. The number of nitrogens with one attached hydrogen (secondary N) is 1. The first kappa shape index (κ1) is 19.4. The number of aromatic nitrogens is 1. The predicted octanol–water partition coefficient (Wildman–Crippen LogP) is 4.99. The number of benzene rings is 3. The van der Waals surface area contributed by atoms with Gasteiger partial charge in [-0.2, -0.15) is 0 Å². The van der Waals surface area contributed by atoms with Gasteiger partial charge in [0.2, 0.25) is 5.89 Å². The fourth-order valence-corrected chi connectivity index (χ4v) is 3.13. The zero-order valence-electron chi connectivity index (χ0n) is 16.6. The number of ether oxygens (including phenoxy) is 1. The molecule has 4 rings (SSSR count). The summed E-state index contributed by atoms with van der Waals surface area (Å²) in [5.74, 6) is -0.475. The Morgan fingerprint density at radius 2 is 1.67 bits per heavy atom. The molecule has 0 radical (unpaired) electrons. The van der Waals surface area contributed by atoms with Gasteiger partial charge in [-0.15, -0.1) is 0 Å². The van der Waals surface area contributed by atoms with Crippen molar-refractivity contribution in [1.82, 2.24) is 4.98 Å². The van der Waals surface area contributed by atoms with Gasteiger partial charge in [0, 0.05) is 16.6 Å². The number of oxazole rings is 1. The summed E-state index contributed by atoms with van der Waals surface area (Å²) >= 11 is 0. The number of hydrogen-bond donors (Lipinski definition) is 1. The Kier molecular flexibility index (Phi) is 5.30. The molecule has 0 spiro atoms. The van der Waals surface area contributed by atoms with E-state index in [-0.39, 0.29) is 5.69 Å². The highest BCUT2D eigenvalue weighted by Crippen LogP contribution is 2.24. The molecule has 4 aromatic rings. The number of aryl methyl sites for hydroxylation is 1. The van der Waals surface area contributed by atoms with Crippen LogP contribution in [0.15, 0.2) is 77.2 Å². The third-order valence-corrected chi connectivity index (χ3v) is 4.71. The molecule has 150 valence electrons. The second-order valence-electron chi connectivity index (χ2n) is 6.85. The lowest BCUT2D eigenvalue weighted by Crippen LogP contribution is -2.30. The maximum absolute atomic E-state index is 12.6. The maximum atomic E-state index is 12.6. The predicted molar refractivity (Wildman–Crippen MR) is 114 cm³/mol. The van der Waals surface area contributed by atoms with Crippen LogP contribution in [0.5, 0.6) is 0 Å². The van der Waals surface area contributed by atoms with Crippen LogP contribution in [0.2, 0.25) is 0 Å². The highest BCUT2D eigenvalue weighted by Gasteiger charge is 2.24. The fraction of sp³-hybridized carbons (Fsp3) is 0.125. The highest BCUT2D eigenvalue weighted by molar-refractivity contribution is 6.04. The molecule has 3 aromatic carbocycles. The molecule has 0 aliphatic heterocycles. The van der Waals surface area contributed by atoms with Crippen LogP contribution in [0.1, 0.15) is 23.2 Å². The number of rotatable bonds is 5. The van der Waals surface area contributed by atoms with Crippen molar-refractivity contribution in [1.29, 1.82) is 0 Å². The van der Waals surface area contributed by atoms with Crippen molar-refractivity contribution < 1.29 is 18.7 Å². The second kappa shape index (κ2) is 8.21. The largest absolute Gasteiger partial charge is 0.448 e. The maximum Gasteiger partial charge on any atom is 0.361 e. The number of esters is 1. The molecule has 0 bridgehead atoms. The fourth-order valence-electron chi connectivity index (χ4n) is 3.13. The van der Waals surface area contributed by atoms with E-state index in [1.807, 2.05) is 72.8 Å². The van der Waals surface area contributed by atoms with Gasteiger partial charge >= 0.3 is 5.97 Å². The molecular formula is C24H20N2O4. The van der Waals surface area contributed by atoms with Crippen LogP contribution in [0.25, 0.3) is 22.2 Å². The zero-order chi connectivity index (χ0) is 21.1. The van der Waals surface area contributed by atoms with Crippen LogP contribution in [-0.4, -0.2) is 23.0 Å². The summed E-state index contributed by atoms with van der Waals surface area (Å²) in [4.78, 5) is 29.4. The molecule has 1 N–H and O–H groups in total. The van der Waals surface area contributed by atoms with E-state index in [0.29, 0.717) is 17.3 Å². The lowest BCUT2D eigenvalue weighted by molar-refractivity contribution is -0.123. The average Bonchev–Trinajstić information content (AvgIpc) is 3.16. The van der Waals surface area contributed by atoms with Crippen molar-refractivity contribution in [2.24, 2.45) is 0 Å². The minimum Gasteiger partial charge on any atom is -0.448 e. The third-order valence-electron chi connectivity index (χ3n) is 4.71. The number of anilines is 1. The van der Waals surface area contributed by atoms with E-state index in [0.717, 1.165) is 16.3 Å². The SMILES string of the molecule is Cc1oc(-c2ccccc2)nc1C(=O)O[C@@H](C)C(=O)Nc1cccc2ccccc12. The Balaban J connectivity index is 1.47. The molecule has 1 atom stereocenters. The molecular weight excluding hydrogens is 380 g/mol. The number of amides is 1. The van der Waals surface area contributed by atoms with Crippen LogP contribution in [-0.2, 0) is 9.53 Å². The van der Waals surface area contributed by atoms with Crippen molar-refractivity contribution in [3.63, 3.8) is 0 Å². The van der Waals surface area contributed by atoms with Gasteiger partial charge in [-0.1, -0.05) is 54.6 Å². The van der Waals surface area contributed by atoms with Crippen LogP contribution in [0.3, 0.4) is 0 Å². The Bertz CT molecular complexity index is 1210. The van der Waals surface area contributed by atoms with E-state index in [1.54, 1.807) is 6.92 Å². The van der Waals surface area contributed by atoms with Crippen LogP contribution < -0.4 is 5.32 Å². The van der Waals surface area contributed by atoms with E-state index in [9.17, 15) is 9.59 Å². The summed E-state index contributed by atoms with van der Waals surface area (Å²) in [5.41, 5.74) is 1.46. The first-order valence-electron chi connectivity index (χ1n) is 9.55. The van der Waals surface area contributed by atoms with E-state index < -0.39 is 18.0 Å². The summed E-state index contributed by atoms with van der Waals surface area (Å²) in [7, 11) is 0. The summed E-state index contributed by atoms with van der Waals surface area (Å²) in [6, 6.07) is 22.6.